The minimum absolute atomic E-state index is 0.00382. The molecule has 1 fully saturated rings. The molecule has 0 aliphatic carbocycles. The van der Waals surface area contributed by atoms with Crippen molar-refractivity contribution in [2.75, 3.05) is 6.61 Å². The molecule has 0 amide bonds. The maximum Gasteiger partial charge on any atom is 0.366 e. The third-order valence-corrected chi connectivity index (χ3v) is 3.32. The van der Waals surface area contributed by atoms with Crippen molar-refractivity contribution in [2.45, 2.75) is 70.2 Å². The van der Waals surface area contributed by atoms with Crippen molar-refractivity contribution in [1.82, 2.24) is 0 Å². The first-order valence-electron chi connectivity index (χ1n) is 7.23. The second-order valence-electron chi connectivity index (χ2n) is 5.31. The van der Waals surface area contributed by atoms with Crippen LogP contribution >= 0.6 is 0 Å². The highest BCUT2D eigenvalue weighted by Gasteiger charge is 2.34. The van der Waals surface area contributed by atoms with Crippen LogP contribution < -0.4 is 0 Å². The Morgan fingerprint density at radius 1 is 1.10 bits per heavy atom. The molecule has 20 heavy (non-hydrogen) atoms. The first kappa shape index (κ1) is 16.9. The van der Waals surface area contributed by atoms with Crippen LogP contribution in [0.5, 0.6) is 0 Å². The molecule has 1 heterocycles. The Hall–Kier alpha value is -1.14. The summed E-state index contributed by atoms with van der Waals surface area (Å²) in [6.45, 7) is 1.71. The van der Waals surface area contributed by atoms with E-state index in [2.05, 4.69) is 0 Å². The zero-order chi connectivity index (χ0) is 15.0. The van der Waals surface area contributed by atoms with Crippen molar-refractivity contribution in [3.05, 3.63) is 0 Å². The van der Waals surface area contributed by atoms with Gasteiger partial charge in [-0.2, -0.15) is 0 Å². The van der Waals surface area contributed by atoms with E-state index in [1.165, 1.54) is 0 Å². The fourth-order valence-electron chi connectivity index (χ4n) is 2.05. The fourth-order valence-corrected chi connectivity index (χ4v) is 2.05. The summed E-state index contributed by atoms with van der Waals surface area (Å²) in [7, 11) is 0. The summed E-state index contributed by atoms with van der Waals surface area (Å²) in [6.07, 6.45) is 4.20. The normalized spacial score (nSPS) is 26.9. The molecule has 0 aromatic carbocycles. The first-order valence-corrected chi connectivity index (χ1v) is 7.23. The molecule has 1 aliphatic rings. The van der Waals surface area contributed by atoms with Gasteiger partial charge in [0, 0.05) is 19.3 Å². The minimum atomic E-state index is -2.42. The number of carbonyl (C=O) groups excluding carboxylic acids is 2. The van der Waals surface area contributed by atoms with Crippen LogP contribution in [0.4, 0.5) is 0 Å². The topological polar surface area (TPSA) is 93.1 Å². The Balaban J connectivity index is 2.52. The van der Waals surface area contributed by atoms with E-state index < -0.39 is 11.8 Å². The molecule has 6 nitrogen and oxygen atoms in total. The Morgan fingerprint density at radius 2 is 1.75 bits per heavy atom. The quantitative estimate of drug-likeness (QED) is 0.515. The van der Waals surface area contributed by atoms with Crippen LogP contribution in [-0.2, 0) is 19.1 Å². The van der Waals surface area contributed by atoms with Gasteiger partial charge in [0.05, 0.1) is 6.61 Å². The summed E-state index contributed by atoms with van der Waals surface area (Å²) in [5.74, 6) is -3.69. The van der Waals surface area contributed by atoms with Crippen LogP contribution in [0, 0.1) is 0 Å². The Kier molecular flexibility index (Phi) is 6.95. The molecule has 0 saturated carbocycles. The van der Waals surface area contributed by atoms with E-state index in [1.54, 1.807) is 6.92 Å². The predicted octanol–water partition coefficient (Wildman–Crippen LogP) is 1.28. The summed E-state index contributed by atoms with van der Waals surface area (Å²) in [5, 5.41) is 19.2. The molecule has 0 radical (unpaired) electrons. The van der Waals surface area contributed by atoms with Gasteiger partial charge in [-0.1, -0.05) is 19.3 Å². The Bertz CT molecular complexity index is 326. The number of hydrogen-bond acceptors (Lipinski definition) is 6. The zero-order valence-electron chi connectivity index (χ0n) is 12.0. The monoisotopic (exact) mass is 288 g/mol. The van der Waals surface area contributed by atoms with Gasteiger partial charge in [0.15, 0.2) is 0 Å². The predicted molar refractivity (Wildman–Crippen MR) is 70.6 cm³/mol. The van der Waals surface area contributed by atoms with Crippen molar-refractivity contribution >= 4 is 11.9 Å². The smallest absolute Gasteiger partial charge is 0.366 e. The van der Waals surface area contributed by atoms with Crippen molar-refractivity contribution in [2.24, 2.45) is 0 Å². The number of carbonyl (C=O) groups is 2. The van der Waals surface area contributed by atoms with Gasteiger partial charge in [-0.25, -0.2) is 4.79 Å². The van der Waals surface area contributed by atoms with Gasteiger partial charge in [-0.15, -0.1) is 0 Å². The lowest BCUT2D eigenvalue weighted by molar-refractivity contribution is -0.212. The molecule has 1 unspecified atom stereocenters. The van der Waals surface area contributed by atoms with Gasteiger partial charge < -0.3 is 19.7 Å². The molecule has 1 rings (SSSR count). The van der Waals surface area contributed by atoms with Crippen molar-refractivity contribution < 1.29 is 29.3 Å². The van der Waals surface area contributed by atoms with E-state index in [4.69, 9.17) is 9.47 Å². The van der Waals surface area contributed by atoms with Gasteiger partial charge in [0.2, 0.25) is 0 Å². The summed E-state index contributed by atoms with van der Waals surface area (Å²) >= 11 is 0. The maximum atomic E-state index is 11.5. The molecular formula is C14H24O6. The molecule has 116 valence electrons. The molecule has 0 aromatic rings. The highest BCUT2D eigenvalue weighted by atomic mass is 16.6. The summed E-state index contributed by atoms with van der Waals surface area (Å²) in [4.78, 5) is 23.0. The lowest BCUT2D eigenvalue weighted by atomic mass is 10.1. The molecule has 6 heteroatoms. The number of esters is 2. The lowest BCUT2D eigenvalue weighted by Crippen LogP contribution is -2.40. The van der Waals surface area contributed by atoms with E-state index in [1.807, 2.05) is 0 Å². The van der Waals surface area contributed by atoms with Crippen LogP contribution in [0.25, 0.3) is 0 Å². The lowest BCUT2D eigenvalue weighted by Gasteiger charge is -2.20. The van der Waals surface area contributed by atoms with E-state index in [9.17, 15) is 19.8 Å². The second kappa shape index (κ2) is 8.21. The van der Waals surface area contributed by atoms with E-state index >= 15 is 0 Å². The standard InChI is InChI=1S/C14H24O6/c1-11-8-10-19-13(16)14(17,18)9-6-4-2-3-5-7-12(15)20-11/h11,17-18H,2-10H2,1H3. The highest BCUT2D eigenvalue weighted by molar-refractivity contribution is 5.77. The molecular weight excluding hydrogens is 264 g/mol. The van der Waals surface area contributed by atoms with E-state index in [-0.39, 0.29) is 25.1 Å². The van der Waals surface area contributed by atoms with Gasteiger partial charge >= 0.3 is 11.9 Å². The third kappa shape index (κ3) is 6.34. The van der Waals surface area contributed by atoms with Crippen LogP contribution in [-0.4, -0.2) is 40.6 Å². The number of rotatable bonds is 0. The average molecular weight is 288 g/mol. The SMILES string of the molecule is CC1CCOC(=O)C(O)(O)CCCCCCCC(=O)O1. The summed E-state index contributed by atoms with van der Waals surface area (Å²) < 4.78 is 9.97. The van der Waals surface area contributed by atoms with Crippen LogP contribution in [0.1, 0.15) is 58.3 Å². The minimum Gasteiger partial charge on any atom is -0.463 e. The van der Waals surface area contributed by atoms with Gasteiger partial charge in [-0.05, 0) is 19.8 Å². The van der Waals surface area contributed by atoms with Crippen molar-refractivity contribution in [1.29, 1.82) is 0 Å². The van der Waals surface area contributed by atoms with Crippen LogP contribution in [0.15, 0.2) is 0 Å². The van der Waals surface area contributed by atoms with Gasteiger partial charge in [-0.3, -0.25) is 4.79 Å². The Labute approximate surface area is 119 Å². The largest absolute Gasteiger partial charge is 0.463 e. The maximum absolute atomic E-state index is 11.5. The number of cyclic esters (lactones) is 2. The van der Waals surface area contributed by atoms with Crippen molar-refractivity contribution in [3.8, 4) is 0 Å². The molecule has 1 saturated heterocycles. The van der Waals surface area contributed by atoms with E-state index in [0.717, 1.165) is 25.7 Å². The average Bonchev–Trinajstić information content (AvgIpc) is 2.36. The molecule has 0 bridgehead atoms. The third-order valence-electron chi connectivity index (χ3n) is 3.32. The van der Waals surface area contributed by atoms with Gasteiger partial charge in [0.1, 0.15) is 6.10 Å². The molecule has 0 spiro atoms. The first-order chi connectivity index (χ1) is 9.42. The molecule has 2 N–H and O–H groups in total. The number of hydrogen-bond donors (Lipinski definition) is 2. The summed E-state index contributed by atoms with van der Waals surface area (Å²) in [5.41, 5.74) is 0. The van der Waals surface area contributed by atoms with Gasteiger partial charge in [0.25, 0.3) is 5.79 Å². The van der Waals surface area contributed by atoms with Crippen LogP contribution in [0.2, 0.25) is 0 Å². The number of ether oxygens (including phenoxy) is 2. The second-order valence-corrected chi connectivity index (χ2v) is 5.31. The fraction of sp³-hybridized carbons (Fsp3) is 0.857. The highest BCUT2D eigenvalue weighted by Crippen LogP contribution is 2.17. The molecule has 0 aromatic heterocycles. The Morgan fingerprint density at radius 3 is 2.50 bits per heavy atom. The molecule has 1 aliphatic heterocycles. The zero-order valence-corrected chi connectivity index (χ0v) is 12.0. The van der Waals surface area contributed by atoms with Crippen molar-refractivity contribution in [3.63, 3.8) is 0 Å². The summed E-state index contributed by atoms with van der Waals surface area (Å²) in [6, 6.07) is 0. The van der Waals surface area contributed by atoms with E-state index in [0.29, 0.717) is 19.3 Å². The van der Waals surface area contributed by atoms with Crippen LogP contribution in [0.3, 0.4) is 0 Å². The number of aliphatic hydroxyl groups is 2. The molecule has 1 atom stereocenters.